The number of hydrogen-bond donors (Lipinski definition) is 2. The van der Waals surface area contributed by atoms with Gasteiger partial charge in [0.2, 0.25) is 5.91 Å². The van der Waals surface area contributed by atoms with Crippen molar-refractivity contribution in [3.05, 3.63) is 71.3 Å². The second-order valence-corrected chi connectivity index (χ2v) is 4.56. The number of carboxylic acids is 1. The van der Waals surface area contributed by atoms with Crippen molar-refractivity contribution in [2.45, 2.75) is 6.92 Å². The van der Waals surface area contributed by atoms with Crippen LogP contribution >= 0.6 is 0 Å². The van der Waals surface area contributed by atoms with E-state index in [1.807, 2.05) is 31.2 Å². The second kappa shape index (κ2) is 6.52. The molecule has 0 saturated carbocycles. The average molecular weight is 281 g/mol. The third-order valence-electron chi connectivity index (χ3n) is 3.00. The van der Waals surface area contributed by atoms with Gasteiger partial charge < -0.3 is 10.4 Å². The van der Waals surface area contributed by atoms with Crippen LogP contribution in [0.25, 0.3) is 6.08 Å². The van der Waals surface area contributed by atoms with Gasteiger partial charge in [0, 0.05) is 11.8 Å². The number of carbonyl (C=O) groups excluding carboxylic acids is 1. The summed E-state index contributed by atoms with van der Waals surface area (Å²) in [5.41, 5.74) is 2.81. The normalized spacial score (nSPS) is 10.5. The van der Waals surface area contributed by atoms with E-state index in [4.69, 9.17) is 5.11 Å². The molecular formula is C17H15NO3. The molecule has 2 N–H and O–H groups in total. The van der Waals surface area contributed by atoms with Crippen LogP contribution in [0.3, 0.4) is 0 Å². The molecule has 0 spiro atoms. The van der Waals surface area contributed by atoms with Crippen molar-refractivity contribution in [3.8, 4) is 0 Å². The van der Waals surface area contributed by atoms with Gasteiger partial charge >= 0.3 is 5.97 Å². The Bertz CT molecular complexity index is 687. The van der Waals surface area contributed by atoms with Crippen LogP contribution in [0.5, 0.6) is 0 Å². The number of hydrogen-bond acceptors (Lipinski definition) is 2. The van der Waals surface area contributed by atoms with Gasteiger partial charge in [-0.05, 0) is 48.4 Å². The summed E-state index contributed by atoms with van der Waals surface area (Å²) < 4.78 is 0. The van der Waals surface area contributed by atoms with Gasteiger partial charge in [-0.3, -0.25) is 4.79 Å². The molecule has 0 unspecified atom stereocenters. The maximum atomic E-state index is 11.8. The Kier molecular flexibility index (Phi) is 4.51. The van der Waals surface area contributed by atoms with Crippen LogP contribution in [0.15, 0.2) is 54.6 Å². The molecule has 0 fully saturated rings. The molecule has 0 atom stereocenters. The van der Waals surface area contributed by atoms with Crippen LogP contribution in [0.2, 0.25) is 0 Å². The van der Waals surface area contributed by atoms with Crippen LogP contribution < -0.4 is 5.32 Å². The highest BCUT2D eigenvalue weighted by Crippen LogP contribution is 2.11. The van der Waals surface area contributed by atoms with Gasteiger partial charge in [0.25, 0.3) is 0 Å². The van der Waals surface area contributed by atoms with Crippen molar-refractivity contribution in [1.29, 1.82) is 0 Å². The molecular weight excluding hydrogens is 266 g/mol. The average Bonchev–Trinajstić information content (AvgIpc) is 2.47. The fourth-order valence-electron chi connectivity index (χ4n) is 1.82. The molecule has 21 heavy (non-hydrogen) atoms. The zero-order valence-electron chi connectivity index (χ0n) is 11.5. The van der Waals surface area contributed by atoms with Gasteiger partial charge in [-0.1, -0.05) is 24.3 Å². The minimum Gasteiger partial charge on any atom is -0.478 e. The monoisotopic (exact) mass is 281 g/mol. The van der Waals surface area contributed by atoms with Crippen molar-refractivity contribution in [2.24, 2.45) is 0 Å². The molecule has 2 aromatic rings. The second-order valence-electron chi connectivity index (χ2n) is 4.56. The minimum atomic E-state index is -0.993. The van der Waals surface area contributed by atoms with Crippen molar-refractivity contribution in [3.63, 3.8) is 0 Å². The molecule has 0 heterocycles. The number of anilines is 1. The summed E-state index contributed by atoms with van der Waals surface area (Å²) in [6.45, 7) is 1.97. The van der Waals surface area contributed by atoms with Gasteiger partial charge in [-0.2, -0.15) is 0 Å². The SMILES string of the molecule is Cc1ccccc1C=CC(=O)Nc1ccc(C(=O)O)cc1. The van der Waals surface area contributed by atoms with Gasteiger partial charge in [0.15, 0.2) is 0 Å². The molecule has 0 aromatic heterocycles. The van der Waals surface area contributed by atoms with E-state index in [1.54, 1.807) is 18.2 Å². The molecule has 0 radical (unpaired) electrons. The molecule has 0 saturated heterocycles. The van der Waals surface area contributed by atoms with Crippen molar-refractivity contribution < 1.29 is 14.7 Å². The zero-order chi connectivity index (χ0) is 15.2. The summed E-state index contributed by atoms with van der Waals surface area (Å²) in [5.74, 6) is -1.26. The molecule has 0 aliphatic carbocycles. The first-order chi connectivity index (χ1) is 10.1. The number of rotatable bonds is 4. The van der Waals surface area contributed by atoms with Crippen LogP contribution in [0, 0.1) is 6.92 Å². The van der Waals surface area contributed by atoms with E-state index >= 15 is 0 Å². The van der Waals surface area contributed by atoms with Crippen molar-refractivity contribution >= 4 is 23.6 Å². The van der Waals surface area contributed by atoms with E-state index in [2.05, 4.69) is 5.32 Å². The third-order valence-corrected chi connectivity index (χ3v) is 3.00. The predicted molar refractivity (Wildman–Crippen MR) is 82.2 cm³/mol. The molecule has 4 heteroatoms. The van der Waals surface area contributed by atoms with Crippen LogP contribution in [-0.2, 0) is 4.79 Å². The van der Waals surface area contributed by atoms with E-state index in [-0.39, 0.29) is 11.5 Å². The minimum absolute atomic E-state index is 0.184. The third kappa shape index (κ3) is 4.04. The standard InChI is InChI=1S/C17H15NO3/c1-12-4-2-3-5-13(12)8-11-16(19)18-15-9-6-14(7-10-15)17(20)21/h2-11H,1H3,(H,18,19)(H,20,21). The Hall–Kier alpha value is -2.88. The van der Waals surface area contributed by atoms with Crippen molar-refractivity contribution in [2.75, 3.05) is 5.32 Å². The summed E-state index contributed by atoms with van der Waals surface area (Å²) >= 11 is 0. The summed E-state index contributed by atoms with van der Waals surface area (Å²) in [4.78, 5) is 22.5. The molecule has 1 amide bonds. The molecule has 106 valence electrons. The maximum Gasteiger partial charge on any atom is 0.335 e. The molecule has 0 aliphatic rings. The largest absolute Gasteiger partial charge is 0.478 e. The number of carboxylic acid groups (broad SMARTS) is 1. The molecule has 4 nitrogen and oxygen atoms in total. The maximum absolute atomic E-state index is 11.8. The highest BCUT2D eigenvalue weighted by atomic mass is 16.4. The van der Waals surface area contributed by atoms with Crippen molar-refractivity contribution in [1.82, 2.24) is 0 Å². The predicted octanol–water partition coefficient (Wildman–Crippen LogP) is 3.35. The highest BCUT2D eigenvalue weighted by Gasteiger charge is 2.03. The molecule has 0 aliphatic heterocycles. The number of carbonyl (C=O) groups is 2. The van der Waals surface area contributed by atoms with E-state index in [0.29, 0.717) is 5.69 Å². The van der Waals surface area contributed by atoms with Gasteiger partial charge in [0.05, 0.1) is 5.56 Å². The molecule has 2 aromatic carbocycles. The van der Waals surface area contributed by atoms with Crippen LogP contribution in [0.1, 0.15) is 21.5 Å². The topological polar surface area (TPSA) is 66.4 Å². The zero-order valence-corrected chi connectivity index (χ0v) is 11.5. The summed E-state index contributed by atoms with van der Waals surface area (Å²) in [6, 6.07) is 13.8. The van der Waals surface area contributed by atoms with Gasteiger partial charge in [0.1, 0.15) is 0 Å². The first-order valence-corrected chi connectivity index (χ1v) is 6.44. The lowest BCUT2D eigenvalue weighted by Gasteiger charge is -2.03. The van der Waals surface area contributed by atoms with E-state index in [0.717, 1.165) is 11.1 Å². The lowest BCUT2D eigenvalue weighted by Crippen LogP contribution is -2.08. The fraction of sp³-hybridized carbons (Fsp3) is 0.0588. The van der Waals surface area contributed by atoms with Crippen LogP contribution in [0.4, 0.5) is 5.69 Å². The number of aromatic carboxylic acids is 1. The quantitative estimate of drug-likeness (QED) is 0.845. The Morgan fingerprint density at radius 2 is 1.71 bits per heavy atom. The highest BCUT2D eigenvalue weighted by molar-refractivity contribution is 6.02. The Morgan fingerprint density at radius 3 is 2.33 bits per heavy atom. The number of amides is 1. The van der Waals surface area contributed by atoms with E-state index < -0.39 is 5.97 Å². The molecule has 2 rings (SSSR count). The number of aryl methyl sites for hydroxylation is 1. The van der Waals surface area contributed by atoms with E-state index in [1.165, 1.54) is 18.2 Å². The number of nitrogens with one attached hydrogen (secondary N) is 1. The first-order valence-electron chi connectivity index (χ1n) is 6.44. The fourth-order valence-corrected chi connectivity index (χ4v) is 1.82. The van der Waals surface area contributed by atoms with E-state index in [9.17, 15) is 9.59 Å². The van der Waals surface area contributed by atoms with Gasteiger partial charge in [-0.15, -0.1) is 0 Å². The smallest absolute Gasteiger partial charge is 0.335 e. The van der Waals surface area contributed by atoms with Gasteiger partial charge in [-0.25, -0.2) is 4.79 Å². The summed E-state index contributed by atoms with van der Waals surface area (Å²) in [7, 11) is 0. The Labute approximate surface area is 122 Å². The molecule has 0 bridgehead atoms. The lowest BCUT2D eigenvalue weighted by molar-refractivity contribution is -0.111. The first kappa shape index (κ1) is 14.5. The Balaban J connectivity index is 2.02. The number of benzene rings is 2. The summed E-state index contributed by atoms with van der Waals surface area (Å²) in [6.07, 6.45) is 3.20. The Morgan fingerprint density at radius 1 is 1.05 bits per heavy atom. The summed E-state index contributed by atoms with van der Waals surface area (Å²) in [5, 5.41) is 11.5. The lowest BCUT2D eigenvalue weighted by atomic mass is 10.1. The van der Waals surface area contributed by atoms with Crippen LogP contribution in [-0.4, -0.2) is 17.0 Å².